The van der Waals surface area contributed by atoms with E-state index in [2.05, 4.69) is 32.2 Å². The highest BCUT2D eigenvalue weighted by Gasteiger charge is 2.08. The molecule has 0 bridgehead atoms. The third-order valence-electron chi connectivity index (χ3n) is 2.01. The summed E-state index contributed by atoms with van der Waals surface area (Å²) in [5.41, 5.74) is 1.24. The van der Waals surface area contributed by atoms with Crippen molar-refractivity contribution in [1.82, 2.24) is 9.90 Å². The van der Waals surface area contributed by atoms with Crippen molar-refractivity contribution >= 4 is 0 Å². The number of aromatic nitrogens is 3. The third kappa shape index (κ3) is 3.35. The van der Waals surface area contributed by atoms with Crippen molar-refractivity contribution < 1.29 is 17.1 Å². The topological polar surface area (TPSA) is 21.7 Å². The number of nitrogens with zero attached hydrogens (tertiary/aromatic N) is 3. The largest absolute Gasteiger partial charge is 1.00 e. The number of hydrogen-bond donors (Lipinski definition) is 0. The fourth-order valence-electron chi connectivity index (χ4n) is 1.26. The molecule has 0 aliphatic heterocycles. The summed E-state index contributed by atoms with van der Waals surface area (Å²) >= 11 is 0. The zero-order chi connectivity index (χ0) is 8.97. The van der Waals surface area contributed by atoms with Crippen LogP contribution < -0.4 is 17.1 Å². The van der Waals surface area contributed by atoms with E-state index >= 15 is 0 Å². The Balaban J connectivity index is 0.00000144. The van der Waals surface area contributed by atoms with Crippen molar-refractivity contribution in [1.29, 1.82) is 0 Å². The van der Waals surface area contributed by atoms with Crippen LogP contribution in [0, 0.1) is 6.92 Å². The van der Waals surface area contributed by atoms with E-state index in [-0.39, 0.29) is 12.4 Å². The van der Waals surface area contributed by atoms with Gasteiger partial charge in [-0.3, -0.25) is 0 Å². The Bertz CT molecular complexity index is 245. The second-order valence-electron chi connectivity index (χ2n) is 3.09. The molecule has 0 spiro atoms. The van der Waals surface area contributed by atoms with E-state index < -0.39 is 0 Å². The molecule has 0 aromatic carbocycles. The molecule has 0 amide bonds. The molecule has 0 N–H and O–H groups in total. The molecule has 1 aromatic rings. The second-order valence-corrected chi connectivity index (χ2v) is 3.09. The van der Waals surface area contributed by atoms with Crippen LogP contribution in [0.15, 0.2) is 6.20 Å². The number of unbranched alkanes of at least 4 members (excludes halogenated alkanes) is 1. The standard InChI is InChI=1S/C9H18N3.ClH/c1-4-6-7-11-8-9(3)12(5-2)10-11;/h8H,4-7H2,1-3H3;1H/q+1;/p-1. The molecule has 1 rings (SSSR count). The van der Waals surface area contributed by atoms with Gasteiger partial charge in [0.1, 0.15) is 13.1 Å². The lowest BCUT2D eigenvalue weighted by molar-refractivity contribution is -0.755. The van der Waals surface area contributed by atoms with Gasteiger partial charge in [0.15, 0.2) is 11.9 Å². The lowest BCUT2D eigenvalue weighted by atomic mass is 10.3. The van der Waals surface area contributed by atoms with E-state index in [0.29, 0.717) is 0 Å². The highest BCUT2D eigenvalue weighted by molar-refractivity contribution is 4.83. The van der Waals surface area contributed by atoms with Gasteiger partial charge < -0.3 is 12.4 Å². The van der Waals surface area contributed by atoms with Crippen LogP contribution in [0.1, 0.15) is 32.4 Å². The van der Waals surface area contributed by atoms with Gasteiger partial charge in [0.05, 0.1) is 5.21 Å². The Morgan fingerprint density at radius 2 is 2.15 bits per heavy atom. The maximum Gasteiger partial charge on any atom is 0.164 e. The highest BCUT2D eigenvalue weighted by Crippen LogP contribution is 1.92. The zero-order valence-electron chi connectivity index (χ0n) is 8.63. The minimum Gasteiger partial charge on any atom is -1.00 e. The average molecular weight is 204 g/mol. The Hall–Kier alpha value is -0.570. The Morgan fingerprint density at radius 3 is 2.62 bits per heavy atom. The van der Waals surface area contributed by atoms with E-state index in [1.165, 1.54) is 18.5 Å². The van der Waals surface area contributed by atoms with Crippen molar-refractivity contribution in [3.63, 3.8) is 0 Å². The van der Waals surface area contributed by atoms with Crippen LogP contribution in [-0.4, -0.2) is 9.90 Å². The van der Waals surface area contributed by atoms with Gasteiger partial charge in [-0.1, -0.05) is 13.3 Å². The van der Waals surface area contributed by atoms with Crippen molar-refractivity contribution in [3.05, 3.63) is 11.9 Å². The van der Waals surface area contributed by atoms with Crippen molar-refractivity contribution in [2.45, 2.75) is 46.7 Å². The van der Waals surface area contributed by atoms with Gasteiger partial charge >= 0.3 is 0 Å². The maximum atomic E-state index is 4.40. The lowest BCUT2D eigenvalue weighted by Crippen LogP contribution is -3.00. The highest BCUT2D eigenvalue weighted by atomic mass is 35.5. The number of halogens is 1. The molecule has 0 atom stereocenters. The first-order valence-electron chi connectivity index (χ1n) is 4.72. The molecule has 4 heteroatoms. The molecule has 3 nitrogen and oxygen atoms in total. The Morgan fingerprint density at radius 1 is 1.46 bits per heavy atom. The van der Waals surface area contributed by atoms with Gasteiger partial charge in [-0.2, -0.15) is 0 Å². The number of rotatable bonds is 4. The number of aryl methyl sites for hydroxylation is 3. The van der Waals surface area contributed by atoms with Gasteiger partial charge in [-0.15, -0.1) is 9.36 Å². The summed E-state index contributed by atoms with van der Waals surface area (Å²) in [6.07, 6.45) is 4.55. The fraction of sp³-hybridized carbons (Fsp3) is 0.778. The summed E-state index contributed by atoms with van der Waals surface area (Å²) < 4.78 is 4.05. The van der Waals surface area contributed by atoms with Crippen molar-refractivity contribution in [2.75, 3.05) is 0 Å². The smallest absolute Gasteiger partial charge is 0.164 e. The van der Waals surface area contributed by atoms with Gasteiger partial charge in [-0.05, 0) is 13.3 Å². The normalized spacial score (nSPS) is 9.77. The molecule has 0 saturated heterocycles. The van der Waals surface area contributed by atoms with E-state index in [4.69, 9.17) is 0 Å². The van der Waals surface area contributed by atoms with Crippen molar-refractivity contribution in [2.24, 2.45) is 0 Å². The van der Waals surface area contributed by atoms with Crippen LogP contribution in [0.25, 0.3) is 0 Å². The van der Waals surface area contributed by atoms with Crippen LogP contribution in [0.3, 0.4) is 0 Å². The molecule has 13 heavy (non-hydrogen) atoms. The van der Waals surface area contributed by atoms with Crippen LogP contribution in [0.5, 0.6) is 0 Å². The van der Waals surface area contributed by atoms with Crippen LogP contribution in [0.4, 0.5) is 0 Å². The van der Waals surface area contributed by atoms with Gasteiger partial charge in [0, 0.05) is 6.92 Å². The summed E-state index contributed by atoms with van der Waals surface area (Å²) in [5, 5.41) is 4.40. The second kappa shape index (κ2) is 5.97. The van der Waals surface area contributed by atoms with E-state index in [9.17, 15) is 0 Å². The third-order valence-corrected chi connectivity index (χ3v) is 2.01. The summed E-state index contributed by atoms with van der Waals surface area (Å²) in [7, 11) is 0. The predicted molar refractivity (Wildman–Crippen MR) is 47.7 cm³/mol. The molecule has 0 aliphatic carbocycles. The average Bonchev–Trinajstić information content (AvgIpc) is 2.43. The Kier molecular flexibility index (Phi) is 5.71. The molecule has 0 aliphatic rings. The minimum absolute atomic E-state index is 0. The molecule has 76 valence electrons. The summed E-state index contributed by atoms with van der Waals surface area (Å²) in [6.45, 7) is 8.42. The molecular formula is C9H18ClN3. The molecule has 0 radical (unpaired) electrons. The molecular weight excluding hydrogens is 186 g/mol. The molecule has 0 fully saturated rings. The van der Waals surface area contributed by atoms with Gasteiger partial charge in [0.25, 0.3) is 0 Å². The van der Waals surface area contributed by atoms with E-state index in [0.717, 1.165) is 13.1 Å². The quantitative estimate of drug-likeness (QED) is 0.535. The van der Waals surface area contributed by atoms with Crippen LogP contribution in [0.2, 0.25) is 0 Å². The predicted octanol–water partition coefficient (Wildman–Crippen LogP) is -1.70. The number of hydrogen-bond acceptors (Lipinski definition) is 1. The monoisotopic (exact) mass is 203 g/mol. The van der Waals surface area contributed by atoms with Crippen LogP contribution in [-0.2, 0) is 13.1 Å². The van der Waals surface area contributed by atoms with Crippen LogP contribution >= 0.6 is 0 Å². The first-order valence-corrected chi connectivity index (χ1v) is 4.72. The first kappa shape index (κ1) is 12.4. The zero-order valence-corrected chi connectivity index (χ0v) is 9.38. The van der Waals surface area contributed by atoms with E-state index in [1.807, 2.05) is 9.36 Å². The lowest BCUT2D eigenvalue weighted by Gasteiger charge is -1.89. The molecule has 1 heterocycles. The molecule has 0 saturated carbocycles. The van der Waals surface area contributed by atoms with E-state index in [1.54, 1.807) is 0 Å². The van der Waals surface area contributed by atoms with Crippen molar-refractivity contribution in [3.8, 4) is 0 Å². The maximum absolute atomic E-state index is 4.40. The Labute approximate surface area is 86.1 Å². The molecule has 0 unspecified atom stereocenters. The summed E-state index contributed by atoms with van der Waals surface area (Å²) in [4.78, 5) is 0. The van der Waals surface area contributed by atoms with Gasteiger partial charge in [0.2, 0.25) is 0 Å². The first-order chi connectivity index (χ1) is 5.77. The molecule has 1 aromatic heterocycles. The summed E-state index contributed by atoms with van der Waals surface area (Å²) in [5.74, 6) is 0. The SMILES string of the molecule is CCCC[n+]1cc(C)n(CC)n1.[Cl-]. The van der Waals surface area contributed by atoms with Gasteiger partial charge in [-0.25, -0.2) is 0 Å². The summed E-state index contributed by atoms with van der Waals surface area (Å²) in [6, 6.07) is 0. The fourth-order valence-corrected chi connectivity index (χ4v) is 1.26. The minimum atomic E-state index is 0.